The summed E-state index contributed by atoms with van der Waals surface area (Å²) in [6, 6.07) is 5.19. The summed E-state index contributed by atoms with van der Waals surface area (Å²) < 4.78 is 16.7. The van der Waals surface area contributed by atoms with E-state index in [9.17, 15) is 9.59 Å². The standard InChI is InChI=1S/C28H33N5O5/c1-27(2,3)38-26(35)33-11-7-8-21(33)18-14-30-24(36-6)19-15-29-23(12-17(18)19)32-22-10-9-16-20(31-22)13-28(4,5)37-25(16)34/h9-10,12,14-15,21H,7-8,11,13H2,1-6H3,(H,29,31,32). The lowest BCUT2D eigenvalue weighted by molar-refractivity contribution is -0.00718. The predicted octanol–water partition coefficient (Wildman–Crippen LogP) is 5.34. The van der Waals surface area contributed by atoms with Gasteiger partial charge in [-0.05, 0) is 71.0 Å². The van der Waals surface area contributed by atoms with Gasteiger partial charge in [0.05, 0.1) is 29.8 Å². The zero-order valence-electron chi connectivity index (χ0n) is 22.6. The van der Waals surface area contributed by atoms with Gasteiger partial charge in [0, 0.05) is 30.9 Å². The second-order valence-corrected chi connectivity index (χ2v) is 11.3. The first-order valence-electron chi connectivity index (χ1n) is 12.8. The van der Waals surface area contributed by atoms with Crippen molar-refractivity contribution in [2.24, 2.45) is 0 Å². The molecule has 5 heterocycles. The summed E-state index contributed by atoms with van der Waals surface area (Å²) in [6.07, 6.45) is 5.32. The molecule has 1 N–H and O–H groups in total. The average Bonchev–Trinajstić information content (AvgIpc) is 3.31. The van der Waals surface area contributed by atoms with Crippen LogP contribution in [0.2, 0.25) is 0 Å². The highest BCUT2D eigenvalue weighted by molar-refractivity contribution is 5.93. The maximum Gasteiger partial charge on any atom is 0.410 e. The van der Waals surface area contributed by atoms with Crippen molar-refractivity contribution in [2.75, 3.05) is 19.0 Å². The first-order valence-corrected chi connectivity index (χ1v) is 12.8. The quantitative estimate of drug-likeness (QED) is 0.456. The van der Waals surface area contributed by atoms with E-state index < -0.39 is 11.2 Å². The first-order chi connectivity index (χ1) is 17.9. The van der Waals surface area contributed by atoms with Crippen LogP contribution in [-0.4, -0.2) is 56.8 Å². The Morgan fingerprint density at radius 3 is 2.68 bits per heavy atom. The van der Waals surface area contributed by atoms with Crippen LogP contribution in [-0.2, 0) is 15.9 Å². The van der Waals surface area contributed by atoms with E-state index in [0.29, 0.717) is 41.7 Å². The van der Waals surface area contributed by atoms with Gasteiger partial charge in [0.1, 0.15) is 22.8 Å². The Morgan fingerprint density at radius 2 is 1.95 bits per heavy atom. The molecular formula is C28H33N5O5. The number of aromatic nitrogens is 3. The Kier molecular flexibility index (Phi) is 6.36. The number of nitrogens with one attached hydrogen (secondary N) is 1. The van der Waals surface area contributed by atoms with Crippen molar-refractivity contribution < 1.29 is 23.8 Å². The van der Waals surface area contributed by atoms with Gasteiger partial charge in [-0.1, -0.05) is 0 Å². The highest BCUT2D eigenvalue weighted by Gasteiger charge is 2.35. The Morgan fingerprint density at radius 1 is 1.16 bits per heavy atom. The minimum atomic E-state index is -0.614. The molecule has 200 valence electrons. The molecule has 5 rings (SSSR count). The number of carbonyl (C=O) groups excluding carboxylic acids is 2. The number of ether oxygens (including phenoxy) is 3. The number of pyridine rings is 3. The Bertz CT molecular complexity index is 1410. The summed E-state index contributed by atoms with van der Waals surface area (Å²) in [5.74, 6) is 1.23. The fraction of sp³-hybridized carbons (Fsp3) is 0.464. The van der Waals surface area contributed by atoms with Crippen molar-refractivity contribution in [1.82, 2.24) is 19.9 Å². The largest absolute Gasteiger partial charge is 0.481 e. The molecule has 1 amide bonds. The minimum absolute atomic E-state index is 0.184. The van der Waals surface area contributed by atoms with Crippen LogP contribution < -0.4 is 10.1 Å². The summed E-state index contributed by atoms with van der Waals surface area (Å²) in [7, 11) is 1.57. The van der Waals surface area contributed by atoms with Crippen molar-refractivity contribution in [3.05, 3.63) is 47.4 Å². The third kappa shape index (κ3) is 5.07. The lowest BCUT2D eigenvalue weighted by atomic mass is 9.95. The molecule has 2 aliphatic rings. The smallest absolute Gasteiger partial charge is 0.410 e. The Labute approximate surface area is 221 Å². The highest BCUT2D eigenvalue weighted by Crippen LogP contribution is 2.39. The van der Waals surface area contributed by atoms with E-state index >= 15 is 0 Å². The van der Waals surface area contributed by atoms with Crippen LogP contribution in [0.3, 0.4) is 0 Å². The van der Waals surface area contributed by atoms with Crippen LogP contribution >= 0.6 is 0 Å². The van der Waals surface area contributed by atoms with Gasteiger partial charge in [0.15, 0.2) is 0 Å². The maximum atomic E-state index is 13.0. The number of methoxy groups -OCH3 is 1. The molecule has 10 nitrogen and oxygen atoms in total. The van der Waals surface area contributed by atoms with Gasteiger partial charge in [0.2, 0.25) is 5.88 Å². The van der Waals surface area contributed by atoms with Gasteiger partial charge in [-0.3, -0.25) is 0 Å². The van der Waals surface area contributed by atoms with Gasteiger partial charge < -0.3 is 24.4 Å². The molecule has 10 heteroatoms. The highest BCUT2D eigenvalue weighted by atomic mass is 16.6. The molecule has 0 bridgehead atoms. The summed E-state index contributed by atoms with van der Waals surface area (Å²) >= 11 is 0. The summed E-state index contributed by atoms with van der Waals surface area (Å²) in [4.78, 5) is 40.9. The number of esters is 1. The number of anilines is 2. The molecule has 1 saturated heterocycles. The normalized spacial score (nSPS) is 18.6. The van der Waals surface area contributed by atoms with Crippen molar-refractivity contribution >= 4 is 34.5 Å². The topological polar surface area (TPSA) is 116 Å². The summed E-state index contributed by atoms with van der Waals surface area (Å²) in [5, 5.41) is 4.89. The van der Waals surface area contributed by atoms with Gasteiger partial charge in [-0.2, -0.15) is 0 Å². The third-order valence-corrected chi connectivity index (χ3v) is 6.61. The molecule has 0 aromatic carbocycles. The fourth-order valence-electron chi connectivity index (χ4n) is 5.03. The third-order valence-electron chi connectivity index (χ3n) is 6.61. The van der Waals surface area contributed by atoms with Crippen LogP contribution in [0.15, 0.2) is 30.6 Å². The van der Waals surface area contributed by atoms with Gasteiger partial charge in [-0.25, -0.2) is 24.5 Å². The molecule has 0 saturated carbocycles. The second kappa shape index (κ2) is 9.41. The number of hydrogen-bond acceptors (Lipinski definition) is 9. The van der Waals surface area contributed by atoms with Gasteiger partial charge in [-0.15, -0.1) is 0 Å². The van der Waals surface area contributed by atoms with E-state index in [1.165, 1.54) is 0 Å². The minimum Gasteiger partial charge on any atom is -0.481 e. The van der Waals surface area contributed by atoms with Gasteiger partial charge in [0.25, 0.3) is 0 Å². The first kappa shape index (κ1) is 25.7. The molecule has 1 atom stereocenters. The van der Waals surface area contributed by atoms with Crippen molar-refractivity contribution in [2.45, 2.75) is 71.1 Å². The molecule has 0 spiro atoms. The summed E-state index contributed by atoms with van der Waals surface area (Å²) in [6.45, 7) is 9.94. The number of likely N-dealkylation sites (tertiary alicyclic amines) is 1. The molecule has 1 unspecified atom stereocenters. The molecule has 3 aromatic heterocycles. The number of carbonyl (C=O) groups is 2. The molecule has 3 aromatic rings. The molecule has 0 aliphatic carbocycles. The monoisotopic (exact) mass is 519 g/mol. The van der Waals surface area contributed by atoms with Crippen LogP contribution in [0.5, 0.6) is 5.88 Å². The van der Waals surface area contributed by atoms with E-state index in [1.807, 2.05) is 40.7 Å². The van der Waals surface area contributed by atoms with Crippen molar-refractivity contribution in [3.63, 3.8) is 0 Å². The zero-order chi connectivity index (χ0) is 27.2. The Balaban J connectivity index is 1.50. The molecule has 2 aliphatic heterocycles. The van der Waals surface area contributed by atoms with Crippen molar-refractivity contribution in [3.8, 4) is 5.88 Å². The molecule has 38 heavy (non-hydrogen) atoms. The molecular weight excluding hydrogens is 486 g/mol. The number of amides is 1. The SMILES string of the molecule is COc1ncc(C2CCCN2C(=O)OC(C)(C)C)c2cc(Nc3ccc4c(n3)CC(C)(C)OC4=O)ncc12. The van der Waals surface area contributed by atoms with E-state index in [0.717, 1.165) is 29.2 Å². The number of hydrogen-bond donors (Lipinski definition) is 1. The van der Waals surface area contributed by atoms with Crippen LogP contribution in [0.4, 0.5) is 16.4 Å². The fourth-order valence-corrected chi connectivity index (χ4v) is 5.03. The van der Waals surface area contributed by atoms with Crippen LogP contribution in [0.25, 0.3) is 10.8 Å². The van der Waals surface area contributed by atoms with Crippen LogP contribution in [0.1, 0.15) is 75.1 Å². The zero-order valence-corrected chi connectivity index (χ0v) is 22.6. The van der Waals surface area contributed by atoms with E-state index in [2.05, 4.69) is 20.3 Å². The lowest BCUT2D eigenvalue weighted by Gasteiger charge is -2.30. The Hall–Kier alpha value is -3.95. The maximum absolute atomic E-state index is 13.0. The van der Waals surface area contributed by atoms with E-state index in [1.54, 1.807) is 36.5 Å². The molecule has 1 fully saturated rings. The summed E-state index contributed by atoms with van der Waals surface area (Å²) in [5.41, 5.74) is 0.860. The average molecular weight is 520 g/mol. The predicted molar refractivity (Wildman–Crippen MR) is 142 cm³/mol. The number of fused-ring (bicyclic) bond motifs is 2. The van der Waals surface area contributed by atoms with Crippen molar-refractivity contribution in [1.29, 1.82) is 0 Å². The second-order valence-electron chi connectivity index (χ2n) is 11.3. The van der Waals surface area contributed by atoms with E-state index in [4.69, 9.17) is 14.2 Å². The number of nitrogens with zero attached hydrogens (tertiary/aromatic N) is 4. The van der Waals surface area contributed by atoms with E-state index in [-0.39, 0.29) is 18.1 Å². The van der Waals surface area contributed by atoms with Gasteiger partial charge >= 0.3 is 12.1 Å². The van der Waals surface area contributed by atoms with Crippen LogP contribution in [0, 0.1) is 0 Å². The number of rotatable bonds is 4. The number of cyclic esters (lactones) is 1. The molecule has 0 radical (unpaired) electrons. The lowest BCUT2D eigenvalue weighted by Crippen LogP contribution is -2.36.